The van der Waals surface area contributed by atoms with E-state index in [1.165, 1.54) is 0 Å². The summed E-state index contributed by atoms with van der Waals surface area (Å²) in [6.45, 7) is 0.224. The second-order valence-corrected chi connectivity index (χ2v) is 9.81. The highest BCUT2D eigenvalue weighted by Gasteiger charge is 2.37. The molecule has 4 aromatic rings. The molecule has 0 spiro atoms. The molecule has 9 nitrogen and oxygen atoms in total. The largest absolute Gasteiger partial charge is 0.497 e. The normalized spacial score (nSPS) is 15.4. The number of rotatable bonds is 10. The fourth-order valence-electron chi connectivity index (χ4n) is 5.13. The minimum absolute atomic E-state index is 0.0362. The number of allylic oxidation sites excluding steroid dienone is 2. The summed E-state index contributed by atoms with van der Waals surface area (Å²) >= 11 is 0. The average molecular weight is 540 g/mol. The van der Waals surface area contributed by atoms with Gasteiger partial charge >= 0.3 is 0 Å². The number of amides is 2. The second-order valence-electron chi connectivity index (χ2n) is 9.81. The van der Waals surface area contributed by atoms with Crippen molar-refractivity contribution >= 4 is 28.5 Å². The van der Waals surface area contributed by atoms with Gasteiger partial charge in [-0.2, -0.15) is 0 Å². The van der Waals surface area contributed by atoms with E-state index in [9.17, 15) is 9.59 Å². The summed E-state index contributed by atoms with van der Waals surface area (Å²) in [6, 6.07) is 21.6. The zero-order valence-corrected chi connectivity index (χ0v) is 22.7. The number of anilines is 1. The van der Waals surface area contributed by atoms with Crippen molar-refractivity contribution in [2.24, 2.45) is 5.92 Å². The molecule has 0 saturated carbocycles. The van der Waals surface area contributed by atoms with Crippen molar-refractivity contribution in [1.29, 1.82) is 0 Å². The van der Waals surface area contributed by atoms with Crippen LogP contribution in [0.5, 0.6) is 11.5 Å². The molecule has 0 bridgehead atoms. The number of aromatic nitrogens is 3. The van der Waals surface area contributed by atoms with E-state index in [1.54, 1.807) is 48.1 Å². The summed E-state index contributed by atoms with van der Waals surface area (Å²) in [6.07, 6.45) is 6.60. The van der Waals surface area contributed by atoms with Crippen LogP contribution in [0.4, 0.5) is 5.69 Å². The molecule has 1 aromatic heterocycles. The van der Waals surface area contributed by atoms with E-state index in [2.05, 4.69) is 27.8 Å². The fraction of sp³-hybridized carbons (Fsp3) is 0.290. The minimum atomic E-state index is -0.698. The first kappa shape index (κ1) is 26.9. The number of hydrogen-bond acceptors (Lipinski definition) is 6. The molecule has 2 unspecified atom stereocenters. The number of fused-ring (bicyclic) bond motifs is 1. The van der Waals surface area contributed by atoms with Crippen molar-refractivity contribution in [2.75, 3.05) is 19.5 Å². The first-order valence-corrected chi connectivity index (χ1v) is 13.4. The van der Waals surface area contributed by atoms with E-state index in [4.69, 9.17) is 9.47 Å². The zero-order valence-electron chi connectivity index (χ0n) is 22.7. The van der Waals surface area contributed by atoms with Crippen molar-refractivity contribution in [2.45, 2.75) is 38.4 Å². The Hall–Kier alpha value is -4.66. The number of methoxy groups -OCH3 is 2. The number of carbonyl (C=O) groups excluding carboxylic acids is 2. The van der Waals surface area contributed by atoms with Crippen LogP contribution >= 0.6 is 0 Å². The Morgan fingerprint density at radius 2 is 1.68 bits per heavy atom. The van der Waals surface area contributed by atoms with Crippen LogP contribution in [0.2, 0.25) is 0 Å². The lowest BCUT2D eigenvalue weighted by molar-refractivity contribution is -0.142. The first-order chi connectivity index (χ1) is 19.6. The van der Waals surface area contributed by atoms with Crippen LogP contribution in [0.1, 0.15) is 24.8 Å². The predicted octanol–water partition coefficient (Wildman–Crippen LogP) is 4.84. The Morgan fingerprint density at radius 3 is 2.35 bits per heavy atom. The van der Waals surface area contributed by atoms with E-state index in [0.29, 0.717) is 23.4 Å². The molecule has 206 valence electrons. The van der Waals surface area contributed by atoms with E-state index in [1.807, 2.05) is 48.5 Å². The molecule has 40 heavy (non-hydrogen) atoms. The molecule has 5 rings (SSSR count). The van der Waals surface area contributed by atoms with Crippen molar-refractivity contribution in [3.63, 3.8) is 0 Å². The molecule has 1 aliphatic rings. The molecule has 2 atom stereocenters. The molecule has 2 amide bonds. The van der Waals surface area contributed by atoms with E-state index >= 15 is 0 Å². The Kier molecular flexibility index (Phi) is 8.39. The molecular weight excluding hydrogens is 506 g/mol. The van der Waals surface area contributed by atoms with Gasteiger partial charge in [0.2, 0.25) is 11.8 Å². The summed E-state index contributed by atoms with van der Waals surface area (Å²) in [5, 5.41) is 11.5. The lowest BCUT2D eigenvalue weighted by Gasteiger charge is -2.37. The van der Waals surface area contributed by atoms with Crippen molar-refractivity contribution in [1.82, 2.24) is 19.9 Å². The van der Waals surface area contributed by atoms with E-state index < -0.39 is 6.04 Å². The molecule has 1 aliphatic carbocycles. The number of ether oxygens (including phenoxy) is 2. The topological polar surface area (TPSA) is 98.6 Å². The van der Waals surface area contributed by atoms with Crippen molar-refractivity contribution in [3.8, 4) is 11.5 Å². The fourth-order valence-corrected chi connectivity index (χ4v) is 5.13. The van der Waals surface area contributed by atoms with Gasteiger partial charge < -0.3 is 19.7 Å². The lowest BCUT2D eigenvalue weighted by atomic mass is 9.85. The summed E-state index contributed by atoms with van der Waals surface area (Å²) in [7, 11) is 3.21. The van der Waals surface area contributed by atoms with Gasteiger partial charge in [-0.25, -0.2) is 4.68 Å². The average Bonchev–Trinajstić information content (AvgIpc) is 3.40. The highest BCUT2D eigenvalue weighted by Crippen LogP contribution is 2.29. The molecule has 0 saturated heterocycles. The highest BCUT2D eigenvalue weighted by atomic mass is 16.5. The van der Waals surface area contributed by atoms with Crippen LogP contribution in [0.25, 0.3) is 11.0 Å². The van der Waals surface area contributed by atoms with Gasteiger partial charge in [0.15, 0.2) is 0 Å². The third-order valence-electron chi connectivity index (χ3n) is 7.26. The summed E-state index contributed by atoms with van der Waals surface area (Å²) in [5.41, 5.74) is 3.01. The molecule has 9 heteroatoms. The first-order valence-electron chi connectivity index (χ1n) is 13.4. The maximum absolute atomic E-state index is 14.1. The van der Waals surface area contributed by atoms with Crippen LogP contribution < -0.4 is 14.8 Å². The second kappa shape index (κ2) is 12.5. The van der Waals surface area contributed by atoms with Crippen molar-refractivity contribution in [3.05, 3.63) is 90.5 Å². The lowest BCUT2D eigenvalue weighted by Crippen LogP contribution is -2.52. The van der Waals surface area contributed by atoms with Gasteiger partial charge in [0.1, 0.15) is 29.6 Å². The number of nitrogens with one attached hydrogen (secondary N) is 1. The number of benzene rings is 3. The van der Waals surface area contributed by atoms with Crippen LogP contribution in [0.3, 0.4) is 0 Å². The Morgan fingerprint density at radius 1 is 0.975 bits per heavy atom. The van der Waals surface area contributed by atoms with Crippen LogP contribution in [-0.4, -0.2) is 52.0 Å². The Labute approximate surface area is 233 Å². The predicted molar refractivity (Wildman–Crippen MR) is 153 cm³/mol. The molecular formula is C31H33N5O4. The highest BCUT2D eigenvalue weighted by molar-refractivity contribution is 5.97. The standard InChI is InChI=1S/C31H33N5O4/c1-39-25-16-12-22(13-17-25)20-35(29(37)21-36-28-11-7-6-10-27(28)33-34-36)30(23-8-4-3-5-9-23)31(38)32-24-14-18-26(40-2)19-15-24/h3-4,6-7,10-19,23,30H,5,8-9,20-21H2,1-2H3,(H,32,38). The molecule has 0 radical (unpaired) electrons. The van der Waals surface area contributed by atoms with Gasteiger partial charge in [0.25, 0.3) is 0 Å². The SMILES string of the molecule is COc1ccc(CN(C(=O)Cn2nnc3ccccc32)C(C(=O)Nc2ccc(OC)cc2)C2CC=CCC2)cc1. The zero-order chi connectivity index (χ0) is 27.9. The maximum atomic E-state index is 14.1. The summed E-state index contributed by atoms with van der Waals surface area (Å²) in [4.78, 5) is 29.8. The molecule has 0 fully saturated rings. The van der Waals surface area contributed by atoms with Crippen LogP contribution in [-0.2, 0) is 22.7 Å². The van der Waals surface area contributed by atoms with Crippen LogP contribution in [0.15, 0.2) is 84.9 Å². The maximum Gasteiger partial charge on any atom is 0.247 e. The molecule has 0 aliphatic heterocycles. The third kappa shape index (κ3) is 6.14. The third-order valence-corrected chi connectivity index (χ3v) is 7.26. The van der Waals surface area contributed by atoms with Crippen molar-refractivity contribution < 1.29 is 19.1 Å². The van der Waals surface area contributed by atoms with Gasteiger partial charge in [0.05, 0.1) is 19.7 Å². The number of nitrogens with zero attached hydrogens (tertiary/aromatic N) is 4. The van der Waals surface area contributed by atoms with Crippen LogP contribution in [0, 0.1) is 5.92 Å². The van der Waals surface area contributed by atoms with Gasteiger partial charge in [0, 0.05) is 12.2 Å². The van der Waals surface area contributed by atoms with Gasteiger partial charge in [-0.3, -0.25) is 9.59 Å². The minimum Gasteiger partial charge on any atom is -0.497 e. The smallest absolute Gasteiger partial charge is 0.247 e. The Bertz CT molecular complexity index is 1480. The van der Waals surface area contributed by atoms with E-state index in [-0.39, 0.29) is 30.8 Å². The quantitative estimate of drug-likeness (QED) is 0.290. The number of carbonyl (C=O) groups is 2. The van der Waals surface area contributed by atoms with Gasteiger partial charge in [-0.15, -0.1) is 5.10 Å². The summed E-state index contributed by atoms with van der Waals surface area (Å²) < 4.78 is 12.2. The van der Waals surface area contributed by atoms with Gasteiger partial charge in [-0.05, 0) is 79.3 Å². The number of para-hydroxylation sites is 1. The van der Waals surface area contributed by atoms with Gasteiger partial charge in [-0.1, -0.05) is 41.6 Å². The summed E-state index contributed by atoms with van der Waals surface area (Å²) in [5.74, 6) is 0.940. The molecule has 1 heterocycles. The Balaban J connectivity index is 1.49. The molecule has 1 N–H and O–H groups in total. The monoisotopic (exact) mass is 539 g/mol. The molecule has 3 aromatic carbocycles. The van der Waals surface area contributed by atoms with E-state index in [0.717, 1.165) is 29.7 Å². The number of hydrogen-bond donors (Lipinski definition) is 1.